The van der Waals surface area contributed by atoms with Gasteiger partial charge in [-0.25, -0.2) is 0 Å². The molecule has 25 heavy (non-hydrogen) atoms. The summed E-state index contributed by atoms with van der Waals surface area (Å²) in [6.45, 7) is 2.07. The molecule has 0 aromatic heterocycles. The first-order chi connectivity index (χ1) is 12.0. The molecule has 1 saturated heterocycles. The van der Waals surface area contributed by atoms with Gasteiger partial charge in [-0.05, 0) is 61.7 Å². The van der Waals surface area contributed by atoms with Gasteiger partial charge < -0.3 is 10.2 Å². The van der Waals surface area contributed by atoms with E-state index in [0.29, 0.717) is 11.4 Å². The molecule has 0 bridgehead atoms. The second-order valence-electron chi connectivity index (χ2n) is 6.14. The standard InChI is InChI=1S/C19H19F3N2O/c20-19(21,22)18-12-16(5-4-14(18)13-25)23-15-6-8-17(9-7-15)24-10-2-1-3-11-24/h4-9,12-13,23H,1-3,10-11H2. The van der Waals surface area contributed by atoms with Crippen LogP contribution in [0, 0.1) is 0 Å². The Morgan fingerprint density at radius 3 is 2.16 bits per heavy atom. The molecule has 0 amide bonds. The lowest BCUT2D eigenvalue weighted by atomic mass is 10.1. The van der Waals surface area contributed by atoms with Gasteiger partial charge in [0, 0.05) is 35.7 Å². The number of alkyl halides is 3. The van der Waals surface area contributed by atoms with Crippen molar-refractivity contribution in [1.29, 1.82) is 0 Å². The van der Waals surface area contributed by atoms with Crippen molar-refractivity contribution in [1.82, 2.24) is 0 Å². The first-order valence-electron chi connectivity index (χ1n) is 8.26. The highest BCUT2D eigenvalue weighted by Gasteiger charge is 2.33. The lowest BCUT2D eigenvalue weighted by Crippen LogP contribution is -2.29. The Kier molecular flexibility index (Phi) is 4.97. The molecule has 2 aromatic rings. The Labute approximate surface area is 144 Å². The maximum Gasteiger partial charge on any atom is 0.417 e. The van der Waals surface area contributed by atoms with E-state index in [2.05, 4.69) is 10.2 Å². The van der Waals surface area contributed by atoms with E-state index in [1.807, 2.05) is 24.3 Å². The highest BCUT2D eigenvalue weighted by atomic mass is 19.4. The quantitative estimate of drug-likeness (QED) is 0.766. The molecule has 3 nitrogen and oxygen atoms in total. The fourth-order valence-electron chi connectivity index (χ4n) is 3.06. The largest absolute Gasteiger partial charge is 0.417 e. The molecule has 1 aliphatic rings. The van der Waals surface area contributed by atoms with Crippen LogP contribution in [0.1, 0.15) is 35.2 Å². The Morgan fingerprint density at radius 2 is 1.56 bits per heavy atom. The average molecular weight is 348 g/mol. The minimum absolute atomic E-state index is 0.222. The van der Waals surface area contributed by atoms with E-state index in [1.54, 1.807) is 0 Å². The lowest BCUT2D eigenvalue weighted by molar-refractivity contribution is -0.137. The van der Waals surface area contributed by atoms with Crippen molar-refractivity contribution in [3.8, 4) is 0 Å². The zero-order valence-electron chi connectivity index (χ0n) is 13.6. The zero-order valence-corrected chi connectivity index (χ0v) is 13.6. The number of rotatable bonds is 4. The van der Waals surface area contributed by atoms with E-state index in [4.69, 9.17) is 0 Å². The molecule has 1 aliphatic heterocycles. The minimum Gasteiger partial charge on any atom is -0.372 e. The number of nitrogens with one attached hydrogen (secondary N) is 1. The van der Waals surface area contributed by atoms with Gasteiger partial charge in [-0.15, -0.1) is 0 Å². The second-order valence-corrected chi connectivity index (χ2v) is 6.14. The number of piperidine rings is 1. The van der Waals surface area contributed by atoms with Crippen molar-refractivity contribution in [2.24, 2.45) is 0 Å². The molecule has 6 heteroatoms. The van der Waals surface area contributed by atoms with E-state index in [9.17, 15) is 18.0 Å². The summed E-state index contributed by atoms with van der Waals surface area (Å²) in [6, 6.07) is 11.3. The molecule has 0 atom stereocenters. The molecule has 0 aliphatic carbocycles. The molecule has 1 N–H and O–H groups in total. The van der Waals surface area contributed by atoms with Crippen LogP contribution in [0.2, 0.25) is 0 Å². The number of hydrogen-bond acceptors (Lipinski definition) is 3. The molecule has 1 fully saturated rings. The number of hydrogen-bond donors (Lipinski definition) is 1. The Balaban J connectivity index is 1.77. The van der Waals surface area contributed by atoms with E-state index in [0.717, 1.165) is 24.8 Å². The lowest BCUT2D eigenvalue weighted by Gasteiger charge is -2.28. The smallest absolute Gasteiger partial charge is 0.372 e. The van der Waals surface area contributed by atoms with Crippen LogP contribution in [0.3, 0.4) is 0 Å². The summed E-state index contributed by atoms with van der Waals surface area (Å²) in [5, 5.41) is 2.96. The summed E-state index contributed by atoms with van der Waals surface area (Å²) in [7, 11) is 0. The monoisotopic (exact) mass is 348 g/mol. The summed E-state index contributed by atoms with van der Waals surface area (Å²) in [4.78, 5) is 13.1. The Morgan fingerprint density at radius 1 is 0.920 bits per heavy atom. The second kappa shape index (κ2) is 7.17. The SMILES string of the molecule is O=Cc1ccc(Nc2ccc(N3CCCCC3)cc2)cc1C(F)(F)F. The van der Waals surface area contributed by atoms with Gasteiger partial charge in [0.25, 0.3) is 0 Å². The van der Waals surface area contributed by atoms with E-state index < -0.39 is 11.7 Å². The zero-order chi connectivity index (χ0) is 17.9. The van der Waals surface area contributed by atoms with Crippen LogP contribution in [0.15, 0.2) is 42.5 Å². The topological polar surface area (TPSA) is 32.3 Å². The van der Waals surface area contributed by atoms with Gasteiger partial charge in [0.05, 0.1) is 5.56 Å². The molecule has 1 heterocycles. The third-order valence-electron chi connectivity index (χ3n) is 4.36. The first-order valence-corrected chi connectivity index (χ1v) is 8.26. The summed E-state index contributed by atoms with van der Waals surface area (Å²) in [6.07, 6.45) is -0.715. The predicted octanol–water partition coefficient (Wildman–Crippen LogP) is 5.25. The normalized spacial score (nSPS) is 15.1. The number of halogens is 3. The van der Waals surface area contributed by atoms with Crippen LogP contribution < -0.4 is 10.2 Å². The number of benzene rings is 2. The molecular weight excluding hydrogens is 329 g/mol. The van der Waals surface area contributed by atoms with Crippen LogP contribution in [-0.4, -0.2) is 19.4 Å². The first kappa shape index (κ1) is 17.3. The van der Waals surface area contributed by atoms with Gasteiger partial charge in [0.15, 0.2) is 6.29 Å². The summed E-state index contributed by atoms with van der Waals surface area (Å²) >= 11 is 0. The van der Waals surface area contributed by atoms with E-state index in [-0.39, 0.29) is 11.8 Å². The van der Waals surface area contributed by atoms with Gasteiger partial charge in [-0.3, -0.25) is 4.79 Å². The van der Waals surface area contributed by atoms with Crippen LogP contribution >= 0.6 is 0 Å². The minimum atomic E-state index is -4.56. The summed E-state index contributed by atoms with van der Waals surface area (Å²) in [5.41, 5.74) is 0.824. The third-order valence-corrected chi connectivity index (χ3v) is 4.36. The van der Waals surface area contributed by atoms with Crippen molar-refractivity contribution in [2.75, 3.05) is 23.3 Å². The third kappa shape index (κ3) is 4.13. The van der Waals surface area contributed by atoms with Gasteiger partial charge in [-0.1, -0.05) is 0 Å². The van der Waals surface area contributed by atoms with Crippen LogP contribution in [0.25, 0.3) is 0 Å². The molecule has 2 aromatic carbocycles. The van der Waals surface area contributed by atoms with Crippen LogP contribution in [0.5, 0.6) is 0 Å². The number of nitrogens with zero attached hydrogens (tertiary/aromatic N) is 1. The van der Waals surface area contributed by atoms with Gasteiger partial charge in [0.1, 0.15) is 0 Å². The van der Waals surface area contributed by atoms with Crippen LogP contribution in [-0.2, 0) is 6.18 Å². The van der Waals surface area contributed by atoms with Crippen molar-refractivity contribution in [3.05, 3.63) is 53.6 Å². The number of carbonyl (C=O) groups is 1. The Bertz CT molecular complexity index is 735. The van der Waals surface area contributed by atoms with Gasteiger partial charge >= 0.3 is 6.18 Å². The summed E-state index contributed by atoms with van der Waals surface area (Å²) in [5.74, 6) is 0. The Hall–Kier alpha value is -2.50. The summed E-state index contributed by atoms with van der Waals surface area (Å²) < 4.78 is 39.1. The number of carbonyl (C=O) groups excluding carboxylic acids is 1. The molecular formula is C19H19F3N2O. The van der Waals surface area contributed by atoms with Crippen molar-refractivity contribution in [3.63, 3.8) is 0 Å². The van der Waals surface area contributed by atoms with Gasteiger partial charge in [0.2, 0.25) is 0 Å². The van der Waals surface area contributed by atoms with Crippen molar-refractivity contribution >= 4 is 23.3 Å². The van der Waals surface area contributed by atoms with Crippen molar-refractivity contribution in [2.45, 2.75) is 25.4 Å². The van der Waals surface area contributed by atoms with Crippen LogP contribution in [0.4, 0.5) is 30.2 Å². The molecule has 0 spiro atoms. The molecule has 0 unspecified atom stereocenters. The number of anilines is 3. The maximum absolute atomic E-state index is 13.0. The van der Waals surface area contributed by atoms with Gasteiger partial charge in [-0.2, -0.15) is 13.2 Å². The number of aldehydes is 1. The van der Waals surface area contributed by atoms with E-state index >= 15 is 0 Å². The average Bonchev–Trinajstić information content (AvgIpc) is 2.62. The van der Waals surface area contributed by atoms with E-state index in [1.165, 1.54) is 31.4 Å². The molecule has 3 rings (SSSR count). The highest BCUT2D eigenvalue weighted by Crippen LogP contribution is 2.34. The fraction of sp³-hybridized carbons (Fsp3) is 0.316. The fourth-order valence-corrected chi connectivity index (χ4v) is 3.06. The predicted molar refractivity (Wildman–Crippen MR) is 92.6 cm³/mol. The van der Waals surface area contributed by atoms with Crippen molar-refractivity contribution < 1.29 is 18.0 Å². The molecule has 0 saturated carbocycles. The molecule has 132 valence electrons. The molecule has 0 radical (unpaired) electrons. The maximum atomic E-state index is 13.0. The highest BCUT2D eigenvalue weighted by molar-refractivity contribution is 5.79.